The van der Waals surface area contributed by atoms with Crippen LogP contribution >= 0.6 is 0 Å². The zero-order chi connectivity index (χ0) is 14.4. The second-order valence-electron chi connectivity index (χ2n) is 2.66. The van der Waals surface area contributed by atoms with Crippen molar-refractivity contribution in [3.8, 4) is 0 Å². The maximum absolute atomic E-state index is 10.6. The van der Waals surface area contributed by atoms with E-state index in [1.165, 1.54) is 0 Å². The molecule has 9 nitrogen and oxygen atoms in total. The van der Waals surface area contributed by atoms with Crippen LogP contribution in [0.2, 0.25) is 0 Å². The summed E-state index contributed by atoms with van der Waals surface area (Å²) in [4.78, 5) is 32.8. The Bertz CT molecular complexity index is 232. The van der Waals surface area contributed by atoms with Crippen molar-refractivity contribution >= 4 is 18.5 Å². The Balaban J connectivity index is 0. The number of ether oxygens (including phenoxy) is 3. The summed E-state index contributed by atoms with van der Waals surface area (Å²) in [7, 11) is 0. The third-order valence-electron chi connectivity index (χ3n) is 1.09. The highest BCUT2D eigenvalue weighted by Crippen LogP contribution is 1.92. The van der Waals surface area contributed by atoms with Crippen LogP contribution in [0.4, 0.5) is 14.4 Å². The minimum absolute atomic E-state index is 0.236. The van der Waals surface area contributed by atoms with Crippen LogP contribution in [-0.4, -0.2) is 42.0 Å². The van der Waals surface area contributed by atoms with Gasteiger partial charge in [0.1, 0.15) is 0 Å². The highest BCUT2D eigenvalue weighted by atomic mass is 17.1. The lowest BCUT2D eigenvalue weighted by Gasteiger charge is -2.03. The van der Waals surface area contributed by atoms with Crippen LogP contribution in [0.5, 0.6) is 0 Å². The van der Waals surface area contributed by atoms with Gasteiger partial charge in [-0.05, 0) is 12.8 Å². The standard InChI is InChI=1S/C8H14O5.CH2O4/c1-3-5-11-7(9)13-8(10)12-6-4-2;2-1(3)5-4/h3-6H2,1-2H3;4H,(H,2,3). The summed E-state index contributed by atoms with van der Waals surface area (Å²) in [5.74, 6) is 0. The molecule has 0 aromatic heterocycles. The fourth-order valence-corrected chi connectivity index (χ4v) is 0.498. The topological polar surface area (TPSA) is 129 Å². The highest BCUT2D eigenvalue weighted by Gasteiger charge is 2.11. The minimum atomic E-state index is -1.69. The van der Waals surface area contributed by atoms with Gasteiger partial charge in [-0.15, -0.1) is 0 Å². The average molecular weight is 268 g/mol. The Labute approximate surface area is 103 Å². The molecular weight excluding hydrogens is 252 g/mol. The Kier molecular flexibility index (Phi) is 13.3. The first-order valence-corrected chi connectivity index (χ1v) is 5.03. The van der Waals surface area contributed by atoms with Crippen LogP contribution in [0.25, 0.3) is 0 Å². The SMILES string of the molecule is CCCOC(=O)OC(=O)OCCC.O=C(O)OO. The molecule has 0 aromatic rings. The molecule has 0 atom stereocenters. The number of carbonyl (C=O) groups excluding carboxylic acids is 2. The zero-order valence-corrected chi connectivity index (χ0v) is 10.1. The van der Waals surface area contributed by atoms with E-state index in [9.17, 15) is 9.59 Å². The lowest BCUT2D eigenvalue weighted by Crippen LogP contribution is -2.15. The van der Waals surface area contributed by atoms with E-state index in [0.29, 0.717) is 12.8 Å². The fourth-order valence-electron chi connectivity index (χ4n) is 0.498. The first-order chi connectivity index (χ1) is 8.47. The second kappa shape index (κ2) is 13.0. The van der Waals surface area contributed by atoms with Gasteiger partial charge in [0.2, 0.25) is 0 Å². The molecule has 0 aromatic carbocycles. The third kappa shape index (κ3) is 16.4. The van der Waals surface area contributed by atoms with Crippen LogP contribution in [-0.2, 0) is 19.1 Å². The molecule has 0 saturated carbocycles. The summed E-state index contributed by atoms with van der Waals surface area (Å²) in [5.41, 5.74) is 0. The van der Waals surface area contributed by atoms with Gasteiger partial charge in [0.25, 0.3) is 0 Å². The molecule has 0 radical (unpaired) electrons. The normalized spacial score (nSPS) is 8.39. The summed E-state index contributed by atoms with van der Waals surface area (Å²) in [6, 6.07) is 0. The van der Waals surface area contributed by atoms with Gasteiger partial charge in [-0.1, -0.05) is 13.8 Å². The van der Waals surface area contributed by atoms with Crippen molar-refractivity contribution in [3.05, 3.63) is 0 Å². The largest absolute Gasteiger partial charge is 0.537 e. The number of carbonyl (C=O) groups is 3. The number of carboxylic acid groups (broad SMARTS) is 1. The van der Waals surface area contributed by atoms with E-state index in [4.69, 9.17) is 15.2 Å². The number of hydrogen-bond donors (Lipinski definition) is 2. The average Bonchev–Trinajstić information content (AvgIpc) is 2.34. The van der Waals surface area contributed by atoms with Gasteiger partial charge in [-0.2, -0.15) is 5.26 Å². The maximum atomic E-state index is 10.6. The Morgan fingerprint density at radius 2 is 1.28 bits per heavy atom. The zero-order valence-electron chi connectivity index (χ0n) is 10.1. The van der Waals surface area contributed by atoms with Gasteiger partial charge in [0, 0.05) is 0 Å². The monoisotopic (exact) mass is 268 g/mol. The molecule has 9 heteroatoms. The summed E-state index contributed by atoms with van der Waals surface area (Å²) >= 11 is 0. The van der Waals surface area contributed by atoms with E-state index in [0.717, 1.165) is 0 Å². The van der Waals surface area contributed by atoms with Crippen LogP contribution < -0.4 is 0 Å². The Morgan fingerprint density at radius 3 is 1.50 bits per heavy atom. The van der Waals surface area contributed by atoms with Gasteiger partial charge in [-0.3, -0.25) is 4.89 Å². The van der Waals surface area contributed by atoms with Crippen LogP contribution in [0.15, 0.2) is 0 Å². The molecule has 0 saturated heterocycles. The Morgan fingerprint density at radius 1 is 0.944 bits per heavy atom. The molecule has 0 aliphatic rings. The molecule has 0 amide bonds. The summed E-state index contributed by atoms with van der Waals surface area (Å²) in [6.07, 6.45) is -2.35. The van der Waals surface area contributed by atoms with E-state index < -0.39 is 18.5 Å². The predicted octanol–water partition coefficient (Wildman–Crippen LogP) is 2.25. The van der Waals surface area contributed by atoms with Crippen molar-refractivity contribution in [1.29, 1.82) is 0 Å². The van der Waals surface area contributed by atoms with Crippen LogP contribution in [0.3, 0.4) is 0 Å². The smallest absolute Gasteiger partial charge is 0.448 e. The molecule has 0 rings (SSSR count). The molecule has 0 aliphatic carbocycles. The first-order valence-electron chi connectivity index (χ1n) is 5.03. The van der Waals surface area contributed by atoms with E-state index in [1.54, 1.807) is 0 Å². The van der Waals surface area contributed by atoms with Gasteiger partial charge in [-0.25, -0.2) is 14.4 Å². The highest BCUT2D eigenvalue weighted by molar-refractivity contribution is 5.76. The van der Waals surface area contributed by atoms with Crippen molar-refractivity contribution in [1.82, 2.24) is 0 Å². The molecule has 0 bridgehead atoms. The van der Waals surface area contributed by atoms with Crippen molar-refractivity contribution in [2.75, 3.05) is 13.2 Å². The lowest BCUT2D eigenvalue weighted by molar-refractivity contribution is -0.194. The van der Waals surface area contributed by atoms with E-state index in [2.05, 4.69) is 19.1 Å². The molecule has 0 heterocycles. The van der Waals surface area contributed by atoms with Crippen molar-refractivity contribution in [3.63, 3.8) is 0 Å². The summed E-state index contributed by atoms with van der Waals surface area (Å²) < 4.78 is 13.1. The van der Waals surface area contributed by atoms with E-state index in [1.807, 2.05) is 13.8 Å². The lowest BCUT2D eigenvalue weighted by atomic mass is 10.5. The maximum Gasteiger partial charge on any atom is 0.537 e. The van der Waals surface area contributed by atoms with Gasteiger partial charge >= 0.3 is 18.5 Å². The van der Waals surface area contributed by atoms with Gasteiger partial charge in [0.05, 0.1) is 13.2 Å². The fraction of sp³-hybridized carbons (Fsp3) is 0.667. The summed E-state index contributed by atoms with van der Waals surface area (Å²) in [5, 5.41) is 14.3. The molecular formula is C9H16O9. The molecule has 2 N–H and O–H groups in total. The Hall–Kier alpha value is -2.03. The van der Waals surface area contributed by atoms with E-state index >= 15 is 0 Å². The molecule has 106 valence electrons. The molecule has 0 aliphatic heterocycles. The molecule has 0 fully saturated rings. The van der Waals surface area contributed by atoms with Crippen molar-refractivity contribution in [2.45, 2.75) is 26.7 Å². The minimum Gasteiger partial charge on any atom is -0.448 e. The quantitative estimate of drug-likeness (QED) is 0.259. The number of rotatable bonds is 4. The third-order valence-corrected chi connectivity index (χ3v) is 1.09. The van der Waals surface area contributed by atoms with E-state index in [-0.39, 0.29) is 13.2 Å². The summed E-state index contributed by atoms with van der Waals surface area (Å²) in [6.45, 7) is 4.14. The van der Waals surface area contributed by atoms with Gasteiger partial charge in [0.15, 0.2) is 0 Å². The second-order valence-corrected chi connectivity index (χ2v) is 2.66. The predicted molar refractivity (Wildman–Crippen MR) is 56.1 cm³/mol. The first kappa shape index (κ1) is 18.3. The molecule has 0 spiro atoms. The molecule has 18 heavy (non-hydrogen) atoms. The number of hydrogen-bond acceptors (Lipinski definition) is 8. The molecule has 0 unspecified atom stereocenters. The van der Waals surface area contributed by atoms with Gasteiger partial charge < -0.3 is 19.3 Å². The van der Waals surface area contributed by atoms with Crippen LogP contribution in [0.1, 0.15) is 26.7 Å². The van der Waals surface area contributed by atoms with Crippen LogP contribution in [0, 0.1) is 0 Å². The van der Waals surface area contributed by atoms with Crippen molar-refractivity contribution in [2.24, 2.45) is 0 Å². The van der Waals surface area contributed by atoms with Crippen molar-refractivity contribution < 1.29 is 43.8 Å².